The molecular weight excluding hydrogens is 432 g/mol. The Hall–Kier alpha value is -2.22. The van der Waals surface area contributed by atoms with Crippen molar-refractivity contribution in [3.05, 3.63) is 61.3 Å². The van der Waals surface area contributed by atoms with E-state index in [0.29, 0.717) is 8.83 Å². The van der Waals surface area contributed by atoms with Gasteiger partial charge in [-0.2, -0.15) is 0 Å². The highest BCUT2D eigenvalue weighted by atomic mass is 79.9. The van der Waals surface area contributed by atoms with E-state index in [1.165, 1.54) is 11.3 Å². The standard InChI is InChI=1S/C19H13BrN2O2S2/c1-24-14-5-3-13(4-6-14)22-18(23)17(26-19(22)25)8-11-10-21-16-7-2-12(20)9-15(11)16/h2-10,23H,1H3. The average molecular weight is 445 g/mol. The predicted octanol–water partition coefficient (Wildman–Crippen LogP) is 6.00. The number of rotatable bonds is 3. The minimum Gasteiger partial charge on any atom is -0.497 e. The maximum atomic E-state index is 10.7. The highest BCUT2D eigenvalue weighted by Gasteiger charge is 2.16. The van der Waals surface area contributed by atoms with Crippen LogP contribution in [0.15, 0.2) is 51.9 Å². The molecule has 0 fully saturated rings. The monoisotopic (exact) mass is 444 g/mol. The van der Waals surface area contributed by atoms with E-state index in [2.05, 4.69) is 20.9 Å². The molecule has 0 aliphatic carbocycles. The lowest BCUT2D eigenvalue weighted by Crippen LogP contribution is -1.93. The normalized spacial score (nSPS) is 14.0. The van der Waals surface area contributed by atoms with Crippen molar-refractivity contribution < 1.29 is 9.84 Å². The highest BCUT2D eigenvalue weighted by molar-refractivity contribution is 9.10. The van der Waals surface area contributed by atoms with Crippen LogP contribution in [0.3, 0.4) is 0 Å². The molecule has 0 spiro atoms. The van der Waals surface area contributed by atoms with Gasteiger partial charge in [0.15, 0.2) is 3.95 Å². The minimum absolute atomic E-state index is 0.120. The Morgan fingerprint density at radius 3 is 2.73 bits per heavy atom. The van der Waals surface area contributed by atoms with Crippen LogP contribution in [-0.2, 0) is 0 Å². The van der Waals surface area contributed by atoms with Crippen molar-refractivity contribution in [1.29, 1.82) is 0 Å². The second-order valence-electron chi connectivity index (χ2n) is 5.61. The van der Waals surface area contributed by atoms with Gasteiger partial charge in [0.2, 0.25) is 5.88 Å². The number of nitrogens with zero attached hydrogens (tertiary/aromatic N) is 2. The summed E-state index contributed by atoms with van der Waals surface area (Å²) in [6.07, 6.45) is 3.72. The van der Waals surface area contributed by atoms with Crippen LogP contribution in [0.1, 0.15) is 10.4 Å². The maximum Gasteiger partial charge on any atom is 0.215 e. The lowest BCUT2D eigenvalue weighted by molar-refractivity contribution is 0.414. The Labute approximate surface area is 167 Å². The molecule has 2 aromatic carbocycles. The smallest absolute Gasteiger partial charge is 0.215 e. The number of aromatic hydroxyl groups is 1. The zero-order chi connectivity index (χ0) is 18.3. The molecule has 26 heavy (non-hydrogen) atoms. The van der Waals surface area contributed by atoms with Crippen LogP contribution in [-0.4, -0.2) is 23.0 Å². The largest absolute Gasteiger partial charge is 0.497 e. The third-order valence-corrected chi connectivity index (χ3v) is 5.84. The molecule has 0 saturated heterocycles. The first-order chi connectivity index (χ1) is 12.6. The first kappa shape index (κ1) is 17.2. The number of hydrogen-bond acceptors (Lipinski definition) is 5. The predicted molar refractivity (Wildman–Crippen MR) is 113 cm³/mol. The fourth-order valence-electron chi connectivity index (χ4n) is 2.75. The molecule has 1 N–H and O–H groups in total. The molecule has 130 valence electrons. The van der Waals surface area contributed by atoms with Gasteiger partial charge < -0.3 is 9.84 Å². The van der Waals surface area contributed by atoms with Crippen molar-refractivity contribution in [3.8, 4) is 17.3 Å². The molecule has 1 aliphatic heterocycles. The lowest BCUT2D eigenvalue weighted by Gasteiger charge is -2.06. The van der Waals surface area contributed by atoms with Gasteiger partial charge in [-0.25, -0.2) is 0 Å². The van der Waals surface area contributed by atoms with E-state index in [1.54, 1.807) is 17.9 Å². The molecule has 0 bridgehead atoms. The number of thiazole rings is 1. The Balaban J connectivity index is 1.78. The van der Waals surface area contributed by atoms with E-state index in [9.17, 15) is 5.11 Å². The van der Waals surface area contributed by atoms with Crippen molar-refractivity contribution in [2.75, 3.05) is 7.11 Å². The van der Waals surface area contributed by atoms with E-state index in [1.807, 2.05) is 48.5 Å². The zero-order valence-corrected chi connectivity index (χ0v) is 16.9. The number of methoxy groups -OCH3 is 1. The van der Waals surface area contributed by atoms with E-state index in [4.69, 9.17) is 17.0 Å². The maximum absolute atomic E-state index is 10.7. The minimum atomic E-state index is 0.120. The van der Waals surface area contributed by atoms with Gasteiger partial charge in [-0.1, -0.05) is 15.9 Å². The van der Waals surface area contributed by atoms with Crippen molar-refractivity contribution >= 4 is 63.0 Å². The summed E-state index contributed by atoms with van der Waals surface area (Å²) in [6.45, 7) is 0. The number of hydrogen-bond donors (Lipinski definition) is 1. The van der Waals surface area contributed by atoms with Crippen LogP contribution in [0, 0.1) is 3.95 Å². The average Bonchev–Trinajstić information content (AvgIpc) is 3.16. The van der Waals surface area contributed by atoms with E-state index >= 15 is 0 Å². The number of aliphatic imine (C=N–C) groups is 1. The summed E-state index contributed by atoms with van der Waals surface area (Å²) in [4.78, 5) is 5.11. The molecule has 3 aromatic rings. The molecule has 0 unspecified atom stereocenters. The first-order valence-electron chi connectivity index (χ1n) is 7.72. The summed E-state index contributed by atoms with van der Waals surface area (Å²) >= 11 is 10.3. The van der Waals surface area contributed by atoms with Gasteiger partial charge >= 0.3 is 0 Å². The van der Waals surface area contributed by atoms with Crippen molar-refractivity contribution in [3.63, 3.8) is 0 Å². The number of benzene rings is 2. The number of allylic oxidation sites excluding steroid dienone is 1. The van der Waals surface area contributed by atoms with Crippen LogP contribution in [0.25, 0.3) is 17.3 Å². The zero-order valence-electron chi connectivity index (χ0n) is 13.6. The molecule has 0 saturated carbocycles. The first-order valence-corrected chi connectivity index (χ1v) is 9.73. The van der Waals surface area contributed by atoms with Crippen LogP contribution in [0.4, 0.5) is 5.69 Å². The molecule has 4 rings (SSSR count). The SMILES string of the molecule is COc1ccc(-n2c(O)c(C=C3C=Nc4ccc(Br)cc43)sc2=S)cc1. The number of halogens is 1. The van der Waals surface area contributed by atoms with Gasteiger partial charge in [0.25, 0.3) is 0 Å². The second-order valence-corrected chi connectivity index (χ2v) is 8.20. The van der Waals surface area contributed by atoms with Crippen LogP contribution in [0.5, 0.6) is 11.6 Å². The molecule has 0 atom stereocenters. The molecule has 1 aliphatic rings. The Kier molecular flexibility index (Phi) is 4.52. The molecule has 4 nitrogen and oxygen atoms in total. The molecule has 0 amide bonds. The fraction of sp³-hybridized carbons (Fsp3) is 0.0526. The summed E-state index contributed by atoms with van der Waals surface area (Å²) in [5.74, 6) is 0.871. The van der Waals surface area contributed by atoms with E-state index in [-0.39, 0.29) is 5.88 Å². The van der Waals surface area contributed by atoms with Crippen molar-refractivity contribution in [1.82, 2.24) is 4.57 Å². The lowest BCUT2D eigenvalue weighted by atomic mass is 10.1. The molecular formula is C19H13BrN2O2S2. The Morgan fingerprint density at radius 2 is 2.00 bits per heavy atom. The van der Waals surface area contributed by atoms with E-state index in [0.717, 1.165) is 32.7 Å². The van der Waals surface area contributed by atoms with Crippen LogP contribution >= 0.6 is 39.5 Å². The Bertz CT molecular complexity index is 1110. The Morgan fingerprint density at radius 1 is 1.23 bits per heavy atom. The van der Waals surface area contributed by atoms with Crippen molar-refractivity contribution in [2.24, 2.45) is 4.99 Å². The van der Waals surface area contributed by atoms with Gasteiger partial charge in [-0.05, 0) is 60.8 Å². The van der Waals surface area contributed by atoms with Gasteiger partial charge in [0, 0.05) is 21.8 Å². The number of ether oxygens (including phenoxy) is 1. The van der Waals surface area contributed by atoms with E-state index < -0.39 is 0 Å². The molecule has 7 heteroatoms. The number of fused-ring (bicyclic) bond motifs is 1. The third-order valence-electron chi connectivity index (χ3n) is 4.04. The van der Waals surface area contributed by atoms with Gasteiger partial charge in [-0.3, -0.25) is 9.56 Å². The van der Waals surface area contributed by atoms with Gasteiger partial charge in [-0.15, -0.1) is 11.3 Å². The van der Waals surface area contributed by atoms with Crippen LogP contribution < -0.4 is 4.74 Å². The summed E-state index contributed by atoms with van der Waals surface area (Å²) in [5, 5.41) is 10.7. The summed E-state index contributed by atoms with van der Waals surface area (Å²) in [6, 6.07) is 13.3. The second kappa shape index (κ2) is 6.83. The quantitative estimate of drug-likeness (QED) is 0.503. The molecule has 1 aromatic heterocycles. The van der Waals surface area contributed by atoms with Gasteiger partial charge in [0.05, 0.1) is 23.4 Å². The summed E-state index contributed by atoms with van der Waals surface area (Å²) in [7, 11) is 1.62. The molecule has 0 radical (unpaired) electrons. The highest BCUT2D eigenvalue weighted by Crippen LogP contribution is 2.38. The topological polar surface area (TPSA) is 46.8 Å². The van der Waals surface area contributed by atoms with Crippen LogP contribution in [0.2, 0.25) is 0 Å². The molecule has 2 heterocycles. The van der Waals surface area contributed by atoms with Gasteiger partial charge in [0.1, 0.15) is 5.75 Å². The third kappa shape index (κ3) is 3.02. The van der Waals surface area contributed by atoms with Crippen molar-refractivity contribution in [2.45, 2.75) is 0 Å². The fourth-order valence-corrected chi connectivity index (χ4v) is 4.41. The summed E-state index contributed by atoms with van der Waals surface area (Å²) < 4.78 is 8.39. The number of aromatic nitrogens is 1. The summed E-state index contributed by atoms with van der Waals surface area (Å²) in [5.41, 5.74) is 3.67.